The second kappa shape index (κ2) is 8.25. The van der Waals surface area contributed by atoms with Crippen LogP contribution in [0.4, 0.5) is 4.79 Å². The highest BCUT2D eigenvalue weighted by molar-refractivity contribution is 9.10. The van der Waals surface area contributed by atoms with Crippen LogP contribution >= 0.6 is 15.9 Å². The molecule has 7 nitrogen and oxygen atoms in total. The van der Waals surface area contributed by atoms with Gasteiger partial charge < -0.3 is 21.1 Å². The number of hydrogen-bond donors (Lipinski definition) is 4. The Bertz CT molecular complexity index is 536. The van der Waals surface area contributed by atoms with E-state index in [0.29, 0.717) is 0 Å². The Balaban J connectivity index is 2.36. The fourth-order valence-corrected chi connectivity index (χ4v) is 1.92. The number of amides is 3. The van der Waals surface area contributed by atoms with Crippen LogP contribution in [0.3, 0.4) is 0 Å². The van der Waals surface area contributed by atoms with Gasteiger partial charge in [-0.1, -0.05) is 28.1 Å². The van der Waals surface area contributed by atoms with E-state index in [1.165, 1.54) is 0 Å². The molecule has 4 N–H and O–H groups in total. The van der Waals surface area contributed by atoms with Gasteiger partial charge in [-0.25, -0.2) is 4.79 Å². The van der Waals surface area contributed by atoms with E-state index in [9.17, 15) is 14.4 Å². The van der Waals surface area contributed by atoms with Crippen molar-refractivity contribution in [2.75, 3.05) is 13.1 Å². The maximum absolute atomic E-state index is 11.6. The lowest BCUT2D eigenvalue weighted by Crippen LogP contribution is -2.43. The van der Waals surface area contributed by atoms with Gasteiger partial charge in [0.1, 0.15) is 6.54 Å². The minimum absolute atomic E-state index is 0.232. The topological polar surface area (TPSA) is 108 Å². The molecule has 0 fully saturated rings. The van der Waals surface area contributed by atoms with Crippen molar-refractivity contribution in [3.63, 3.8) is 0 Å². The summed E-state index contributed by atoms with van der Waals surface area (Å²) in [6.07, 6.45) is 0. The van der Waals surface area contributed by atoms with Gasteiger partial charge >= 0.3 is 12.0 Å². The van der Waals surface area contributed by atoms with Crippen molar-refractivity contribution in [2.45, 2.75) is 13.0 Å². The Kier molecular flexibility index (Phi) is 6.67. The van der Waals surface area contributed by atoms with Crippen molar-refractivity contribution in [2.24, 2.45) is 0 Å². The Morgan fingerprint density at radius 3 is 2.57 bits per heavy atom. The van der Waals surface area contributed by atoms with Crippen LogP contribution < -0.4 is 16.0 Å². The van der Waals surface area contributed by atoms with Crippen molar-refractivity contribution in [1.82, 2.24) is 16.0 Å². The maximum Gasteiger partial charge on any atom is 0.322 e. The van der Waals surface area contributed by atoms with Gasteiger partial charge in [0, 0.05) is 4.47 Å². The first kappa shape index (κ1) is 17.0. The van der Waals surface area contributed by atoms with E-state index in [0.717, 1.165) is 10.0 Å². The van der Waals surface area contributed by atoms with E-state index in [-0.39, 0.29) is 12.6 Å². The molecule has 1 atom stereocenters. The molecule has 0 aliphatic carbocycles. The predicted octanol–water partition coefficient (Wildman–Crippen LogP) is 1.01. The minimum atomic E-state index is -1.14. The van der Waals surface area contributed by atoms with Gasteiger partial charge in [-0.3, -0.25) is 9.59 Å². The van der Waals surface area contributed by atoms with E-state index in [2.05, 4.69) is 31.9 Å². The largest absolute Gasteiger partial charge is 0.480 e. The molecule has 1 aromatic carbocycles. The van der Waals surface area contributed by atoms with Gasteiger partial charge in [-0.05, 0) is 24.6 Å². The molecule has 1 aromatic rings. The van der Waals surface area contributed by atoms with Crippen LogP contribution in [0.2, 0.25) is 0 Å². The third kappa shape index (κ3) is 6.75. The molecular formula is C13H16BrN3O4. The normalized spacial score (nSPS) is 11.3. The molecule has 3 amide bonds. The Hall–Kier alpha value is -2.09. The first-order chi connectivity index (χ1) is 9.88. The molecule has 0 spiro atoms. The summed E-state index contributed by atoms with van der Waals surface area (Å²) in [5.74, 6) is -1.71. The number of carbonyl (C=O) groups excluding carboxylic acids is 2. The van der Waals surface area contributed by atoms with Crippen LogP contribution in [0.1, 0.15) is 18.5 Å². The van der Waals surface area contributed by atoms with Crippen molar-refractivity contribution >= 4 is 33.8 Å². The number of urea groups is 1. The minimum Gasteiger partial charge on any atom is -0.480 e. The monoisotopic (exact) mass is 357 g/mol. The number of nitrogens with one attached hydrogen (secondary N) is 3. The molecule has 8 heteroatoms. The highest BCUT2D eigenvalue weighted by Gasteiger charge is 2.11. The van der Waals surface area contributed by atoms with Crippen LogP contribution in [-0.4, -0.2) is 36.1 Å². The van der Waals surface area contributed by atoms with E-state index in [4.69, 9.17) is 5.11 Å². The van der Waals surface area contributed by atoms with Gasteiger partial charge in [-0.15, -0.1) is 0 Å². The number of carbonyl (C=O) groups is 3. The average Bonchev–Trinajstić information content (AvgIpc) is 2.42. The molecule has 21 heavy (non-hydrogen) atoms. The fraction of sp³-hybridized carbons (Fsp3) is 0.308. The van der Waals surface area contributed by atoms with Crippen LogP contribution in [0, 0.1) is 0 Å². The lowest BCUT2D eigenvalue weighted by molar-refractivity contribution is -0.137. The van der Waals surface area contributed by atoms with E-state index in [1.807, 2.05) is 31.2 Å². The smallest absolute Gasteiger partial charge is 0.322 e. The standard InChI is InChI=1S/C13H16BrN3O4/c1-8(9-3-2-4-10(14)5-9)17-13(21)16-6-11(18)15-7-12(19)20/h2-5,8H,6-7H2,1H3,(H,15,18)(H,19,20)(H2,16,17,21). The number of aliphatic carboxylic acids is 1. The summed E-state index contributed by atoms with van der Waals surface area (Å²) < 4.78 is 0.905. The quantitative estimate of drug-likeness (QED) is 0.609. The molecular weight excluding hydrogens is 342 g/mol. The van der Waals surface area contributed by atoms with Crippen LogP contribution in [0.5, 0.6) is 0 Å². The lowest BCUT2D eigenvalue weighted by atomic mass is 10.1. The number of benzene rings is 1. The number of halogens is 1. The molecule has 1 rings (SSSR count). The second-order valence-corrected chi connectivity index (χ2v) is 5.19. The SMILES string of the molecule is CC(NC(=O)NCC(=O)NCC(=O)O)c1cccc(Br)c1. The third-order valence-electron chi connectivity index (χ3n) is 2.54. The molecule has 0 aliphatic rings. The van der Waals surface area contributed by atoms with Gasteiger partial charge in [-0.2, -0.15) is 0 Å². The fourth-order valence-electron chi connectivity index (χ4n) is 1.50. The highest BCUT2D eigenvalue weighted by atomic mass is 79.9. The lowest BCUT2D eigenvalue weighted by Gasteiger charge is -2.15. The Morgan fingerprint density at radius 2 is 1.95 bits per heavy atom. The predicted molar refractivity (Wildman–Crippen MR) is 79.7 cm³/mol. The second-order valence-electron chi connectivity index (χ2n) is 4.27. The van der Waals surface area contributed by atoms with Crippen molar-refractivity contribution in [3.05, 3.63) is 34.3 Å². The zero-order chi connectivity index (χ0) is 15.8. The number of carboxylic acid groups (broad SMARTS) is 1. The third-order valence-corrected chi connectivity index (χ3v) is 3.04. The summed E-state index contributed by atoms with van der Waals surface area (Å²) in [7, 11) is 0. The van der Waals surface area contributed by atoms with Gasteiger partial charge in [0.2, 0.25) is 5.91 Å². The molecule has 0 saturated carbocycles. The summed E-state index contributed by atoms with van der Waals surface area (Å²) in [6, 6.07) is 6.75. The zero-order valence-electron chi connectivity index (χ0n) is 11.4. The van der Waals surface area contributed by atoms with E-state index in [1.54, 1.807) is 0 Å². The van der Waals surface area contributed by atoms with E-state index < -0.39 is 24.5 Å². The van der Waals surface area contributed by atoms with Gasteiger partial charge in [0.25, 0.3) is 0 Å². The highest BCUT2D eigenvalue weighted by Crippen LogP contribution is 2.17. The van der Waals surface area contributed by atoms with Crippen LogP contribution in [-0.2, 0) is 9.59 Å². The summed E-state index contributed by atoms with van der Waals surface area (Å²) in [5.41, 5.74) is 0.912. The number of carboxylic acids is 1. The molecule has 0 radical (unpaired) electrons. The number of rotatable bonds is 6. The van der Waals surface area contributed by atoms with Crippen molar-refractivity contribution in [3.8, 4) is 0 Å². The van der Waals surface area contributed by atoms with Gasteiger partial charge in [0.15, 0.2) is 0 Å². The summed E-state index contributed by atoms with van der Waals surface area (Å²) in [4.78, 5) is 33.1. The first-order valence-electron chi connectivity index (χ1n) is 6.17. The Morgan fingerprint density at radius 1 is 1.24 bits per heavy atom. The summed E-state index contributed by atoms with van der Waals surface area (Å²) in [5, 5.41) is 15.6. The molecule has 0 aromatic heterocycles. The zero-order valence-corrected chi connectivity index (χ0v) is 12.9. The van der Waals surface area contributed by atoms with Crippen molar-refractivity contribution < 1.29 is 19.5 Å². The molecule has 0 bridgehead atoms. The molecule has 1 unspecified atom stereocenters. The van der Waals surface area contributed by atoms with Gasteiger partial charge in [0.05, 0.1) is 12.6 Å². The molecule has 114 valence electrons. The summed E-state index contributed by atoms with van der Waals surface area (Å²) in [6.45, 7) is 1.05. The Labute approximate surface area is 130 Å². The summed E-state index contributed by atoms with van der Waals surface area (Å²) >= 11 is 3.35. The molecule has 0 aliphatic heterocycles. The molecule has 0 saturated heterocycles. The van der Waals surface area contributed by atoms with Crippen LogP contribution in [0.25, 0.3) is 0 Å². The molecule has 0 heterocycles. The first-order valence-corrected chi connectivity index (χ1v) is 6.96. The van der Waals surface area contributed by atoms with Crippen LogP contribution in [0.15, 0.2) is 28.7 Å². The van der Waals surface area contributed by atoms with E-state index >= 15 is 0 Å². The van der Waals surface area contributed by atoms with Crippen molar-refractivity contribution in [1.29, 1.82) is 0 Å². The number of hydrogen-bond acceptors (Lipinski definition) is 3. The average molecular weight is 358 g/mol. The maximum atomic E-state index is 11.6.